The lowest BCUT2D eigenvalue weighted by Gasteiger charge is -2.05. The van der Waals surface area contributed by atoms with Gasteiger partial charge >= 0.3 is 5.97 Å². The first-order chi connectivity index (χ1) is 14.7. The monoisotopic (exact) mass is 397 g/mol. The molecule has 3 aromatic carbocycles. The van der Waals surface area contributed by atoms with Crippen LogP contribution in [0.3, 0.4) is 0 Å². The Morgan fingerprint density at radius 3 is 2.63 bits per heavy atom. The van der Waals surface area contributed by atoms with Gasteiger partial charge in [-0.25, -0.2) is 0 Å². The van der Waals surface area contributed by atoms with Gasteiger partial charge in [-0.15, -0.1) is 10.2 Å². The second-order valence-electron chi connectivity index (χ2n) is 7.11. The van der Waals surface area contributed by atoms with Gasteiger partial charge in [0, 0.05) is 18.0 Å². The molecule has 5 rings (SSSR count). The fraction of sp³-hybridized carbons (Fsp3) is 0.125. The van der Waals surface area contributed by atoms with E-state index in [-0.39, 0.29) is 19.0 Å². The van der Waals surface area contributed by atoms with Crippen LogP contribution in [0.25, 0.3) is 33.1 Å². The number of esters is 1. The number of hydrogen-bond acceptors (Lipinski definition) is 5. The first kappa shape index (κ1) is 18.1. The summed E-state index contributed by atoms with van der Waals surface area (Å²) in [5.74, 6) is 1.51. The summed E-state index contributed by atoms with van der Waals surface area (Å²) >= 11 is 0. The maximum Gasteiger partial charge on any atom is 0.313 e. The van der Waals surface area contributed by atoms with Crippen molar-refractivity contribution < 1.29 is 13.9 Å². The van der Waals surface area contributed by atoms with E-state index in [9.17, 15) is 4.79 Å². The van der Waals surface area contributed by atoms with Gasteiger partial charge in [-0.2, -0.15) is 0 Å². The molecule has 0 aliphatic heterocycles. The van der Waals surface area contributed by atoms with E-state index in [1.54, 1.807) is 0 Å². The molecular formula is C24H19N3O3. The molecule has 5 aromatic rings. The molecule has 2 aromatic heterocycles. The van der Waals surface area contributed by atoms with Crippen molar-refractivity contribution in [1.82, 2.24) is 14.8 Å². The minimum atomic E-state index is -0.373. The first-order valence-electron chi connectivity index (χ1n) is 9.68. The number of hydrogen-bond donors (Lipinski definition) is 0. The van der Waals surface area contributed by atoms with Crippen molar-refractivity contribution in [1.29, 1.82) is 0 Å². The highest BCUT2D eigenvalue weighted by molar-refractivity contribution is 6.06. The maximum atomic E-state index is 12.4. The fourth-order valence-corrected chi connectivity index (χ4v) is 3.60. The molecule has 6 nitrogen and oxygen atoms in total. The molecule has 0 fully saturated rings. The third kappa shape index (κ3) is 3.33. The lowest BCUT2D eigenvalue weighted by molar-refractivity contribution is -0.144. The standard InChI is InChI=1S/C24H19N3O3/c1-27-22(25-26-24(27)17-8-3-2-4-9-17)15-29-23(28)14-18-13-20-19-10-6-5-7-16(19)11-12-21(20)30-18/h2-13H,14-15H2,1H3. The number of benzene rings is 3. The highest BCUT2D eigenvalue weighted by Gasteiger charge is 2.15. The quantitative estimate of drug-likeness (QED) is 0.403. The third-order valence-corrected chi connectivity index (χ3v) is 5.15. The average Bonchev–Trinajstić information content (AvgIpc) is 3.36. The van der Waals surface area contributed by atoms with Crippen molar-refractivity contribution in [2.24, 2.45) is 7.05 Å². The van der Waals surface area contributed by atoms with Gasteiger partial charge in [0.05, 0.1) is 0 Å². The van der Waals surface area contributed by atoms with Crippen molar-refractivity contribution in [3.8, 4) is 11.4 Å². The molecule has 0 unspecified atom stereocenters. The van der Waals surface area contributed by atoms with Gasteiger partial charge in [0.1, 0.15) is 17.8 Å². The van der Waals surface area contributed by atoms with Gasteiger partial charge in [-0.05, 0) is 22.9 Å². The lowest BCUT2D eigenvalue weighted by Crippen LogP contribution is -2.10. The number of furan rings is 1. The Labute approximate surface area is 172 Å². The summed E-state index contributed by atoms with van der Waals surface area (Å²) in [6.07, 6.45) is 0.0619. The van der Waals surface area contributed by atoms with E-state index in [1.165, 1.54) is 0 Å². The summed E-state index contributed by atoms with van der Waals surface area (Å²) < 4.78 is 13.1. The fourth-order valence-electron chi connectivity index (χ4n) is 3.60. The molecule has 0 spiro atoms. The summed E-state index contributed by atoms with van der Waals surface area (Å²) in [6, 6.07) is 23.7. The third-order valence-electron chi connectivity index (χ3n) is 5.15. The Kier molecular flexibility index (Phi) is 4.52. The molecule has 0 radical (unpaired) electrons. The number of nitrogens with zero attached hydrogens (tertiary/aromatic N) is 3. The van der Waals surface area contributed by atoms with Gasteiger partial charge in [0.2, 0.25) is 0 Å². The topological polar surface area (TPSA) is 70.2 Å². The van der Waals surface area contributed by atoms with Gasteiger partial charge in [0.25, 0.3) is 0 Å². The van der Waals surface area contributed by atoms with E-state index in [1.807, 2.05) is 78.3 Å². The average molecular weight is 397 g/mol. The van der Waals surface area contributed by atoms with Crippen molar-refractivity contribution in [3.63, 3.8) is 0 Å². The Balaban J connectivity index is 1.29. The predicted molar refractivity (Wildman–Crippen MR) is 114 cm³/mol. The molecule has 148 valence electrons. The maximum absolute atomic E-state index is 12.4. The van der Waals surface area contributed by atoms with Crippen molar-refractivity contribution in [2.75, 3.05) is 0 Å². The SMILES string of the molecule is Cn1c(COC(=O)Cc2cc3c(ccc4ccccc43)o2)nnc1-c1ccccc1. The number of fused-ring (bicyclic) bond motifs is 3. The van der Waals surface area contributed by atoms with Crippen molar-refractivity contribution in [3.05, 3.63) is 84.4 Å². The van der Waals surface area contributed by atoms with Crippen LogP contribution in [0, 0.1) is 0 Å². The highest BCUT2D eigenvalue weighted by Crippen LogP contribution is 2.28. The van der Waals surface area contributed by atoms with Gasteiger partial charge in [-0.1, -0.05) is 60.7 Å². The number of rotatable bonds is 5. The zero-order chi connectivity index (χ0) is 20.5. The van der Waals surface area contributed by atoms with Crippen molar-refractivity contribution >= 4 is 27.7 Å². The Morgan fingerprint density at radius 1 is 0.967 bits per heavy atom. The summed E-state index contributed by atoms with van der Waals surface area (Å²) in [7, 11) is 1.86. The summed E-state index contributed by atoms with van der Waals surface area (Å²) in [5.41, 5.74) is 1.72. The predicted octanol–water partition coefficient (Wildman–Crippen LogP) is 4.67. The molecule has 0 aliphatic rings. The Hall–Kier alpha value is -3.93. The zero-order valence-corrected chi connectivity index (χ0v) is 16.4. The van der Waals surface area contributed by atoms with Crippen LogP contribution < -0.4 is 0 Å². The minimum Gasteiger partial charge on any atom is -0.460 e. The lowest BCUT2D eigenvalue weighted by atomic mass is 10.1. The molecule has 0 N–H and O–H groups in total. The van der Waals surface area contributed by atoms with Crippen LogP contribution in [-0.4, -0.2) is 20.7 Å². The molecule has 0 aliphatic carbocycles. The smallest absolute Gasteiger partial charge is 0.313 e. The van der Waals surface area contributed by atoms with Crippen LogP contribution in [0.1, 0.15) is 11.6 Å². The number of carbonyl (C=O) groups excluding carboxylic acids is 1. The molecule has 30 heavy (non-hydrogen) atoms. The molecule has 6 heteroatoms. The second kappa shape index (κ2) is 7.48. The molecule has 0 saturated heterocycles. The van der Waals surface area contributed by atoms with Crippen LogP contribution in [-0.2, 0) is 29.6 Å². The van der Waals surface area contributed by atoms with E-state index in [0.29, 0.717) is 11.6 Å². The molecule has 0 amide bonds. The normalized spacial score (nSPS) is 11.2. The van der Waals surface area contributed by atoms with E-state index in [0.717, 1.165) is 33.1 Å². The van der Waals surface area contributed by atoms with Crippen molar-refractivity contribution in [2.45, 2.75) is 13.0 Å². The van der Waals surface area contributed by atoms with Gasteiger partial charge in [0.15, 0.2) is 18.3 Å². The van der Waals surface area contributed by atoms with Crippen LogP contribution >= 0.6 is 0 Å². The summed E-state index contributed by atoms with van der Waals surface area (Å²) in [5, 5.41) is 11.6. The molecule has 0 saturated carbocycles. The number of carbonyl (C=O) groups is 1. The number of aromatic nitrogens is 3. The van der Waals surface area contributed by atoms with Crippen LogP contribution in [0.15, 0.2) is 77.2 Å². The second-order valence-corrected chi connectivity index (χ2v) is 7.11. The van der Waals surface area contributed by atoms with Crippen LogP contribution in [0.5, 0.6) is 0 Å². The van der Waals surface area contributed by atoms with Crippen LogP contribution in [0.4, 0.5) is 0 Å². The van der Waals surface area contributed by atoms with E-state index >= 15 is 0 Å². The van der Waals surface area contributed by atoms with Gasteiger partial charge in [-0.3, -0.25) is 4.79 Å². The molecule has 0 atom stereocenters. The molecule has 0 bridgehead atoms. The van der Waals surface area contributed by atoms with E-state index in [2.05, 4.69) is 16.3 Å². The molecule has 2 heterocycles. The number of ether oxygens (including phenoxy) is 1. The first-order valence-corrected chi connectivity index (χ1v) is 9.68. The zero-order valence-electron chi connectivity index (χ0n) is 16.4. The van der Waals surface area contributed by atoms with E-state index in [4.69, 9.17) is 9.15 Å². The Bertz CT molecular complexity index is 1350. The Morgan fingerprint density at radius 2 is 1.77 bits per heavy atom. The molecular weight excluding hydrogens is 378 g/mol. The minimum absolute atomic E-state index is 0.0539. The summed E-state index contributed by atoms with van der Waals surface area (Å²) in [6.45, 7) is 0.0539. The largest absolute Gasteiger partial charge is 0.460 e. The van der Waals surface area contributed by atoms with Gasteiger partial charge < -0.3 is 13.7 Å². The van der Waals surface area contributed by atoms with Crippen LogP contribution in [0.2, 0.25) is 0 Å². The summed E-state index contributed by atoms with van der Waals surface area (Å²) in [4.78, 5) is 12.4. The van der Waals surface area contributed by atoms with E-state index < -0.39 is 0 Å². The highest BCUT2D eigenvalue weighted by atomic mass is 16.5.